The Morgan fingerprint density at radius 2 is 2.13 bits per heavy atom. The van der Waals surface area contributed by atoms with Gasteiger partial charge in [-0.2, -0.15) is 0 Å². The Balaban J connectivity index is 1.59. The van der Waals surface area contributed by atoms with E-state index in [2.05, 4.69) is 10.3 Å². The number of aromatic nitrogens is 1. The van der Waals surface area contributed by atoms with E-state index < -0.39 is 0 Å². The highest BCUT2D eigenvalue weighted by Crippen LogP contribution is 2.17. The zero-order chi connectivity index (χ0) is 16.1. The highest BCUT2D eigenvalue weighted by molar-refractivity contribution is 7.09. The van der Waals surface area contributed by atoms with Crippen LogP contribution in [0, 0.1) is 0 Å². The minimum atomic E-state index is -0.196. The van der Waals surface area contributed by atoms with E-state index in [-0.39, 0.29) is 5.91 Å². The Morgan fingerprint density at radius 3 is 2.83 bits per heavy atom. The van der Waals surface area contributed by atoms with Crippen LogP contribution in [0.25, 0.3) is 0 Å². The van der Waals surface area contributed by atoms with Crippen molar-refractivity contribution < 1.29 is 13.9 Å². The molecule has 0 spiro atoms. The number of carbonyl (C=O) groups is 1. The Morgan fingerprint density at radius 1 is 1.30 bits per heavy atom. The second-order valence-corrected chi connectivity index (χ2v) is 5.86. The molecule has 0 aliphatic carbocycles. The molecule has 1 amide bonds. The predicted octanol–water partition coefficient (Wildman–Crippen LogP) is 3.27. The van der Waals surface area contributed by atoms with E-state index in [1.165, 1.54) is 11.3 Å². The van der Waals surface area contributed by atoms with Crippen LogP contribution in [0.4, 0.5) is 0 Å². The number of ether oxygens (including phenoxy) is 1. The van der Waals surface area contributed by atoms with Crippen LogP contribution in [-0.2, 0) is 13.0 Å². The number of hydrogen-bond acceptors (Lipinski definition) is 5. The van der Waals surface area contributed by atoms with Gasteiger partial charge in [0.2, 0.25) is 0 Å². The number of benzene rings is 1. The summed E-state index contributed by atoms with van der Waals surface area (Å²) in [6, 6.07) is 11.4. The van der Waals surface area contributed by atoms with Gasteiger partial charge in [0, 0.05) is 11.8 Å². The average Bonchev–Trinajstić information content (AvgIpc) is 3.25. The van der Waals surface area contributed by atoms with Crippen LogP contribution in [0.3, 0.4) is 0 Å². The van der Waals surface area contributed by atoms with E-state index in [1.807, 2.05) is 30.3 Å². The summed E-state index contributed by atoms with van der Waals surface area (Å²) in [5.74, 6) is 1.34. The molecule has 0 fully saturated rings. The predicted molar refractivity (Wildman–Crippen MR) is 87.8 cm³/mol. The van der Waals surface area contributed by atoms with Gasteiger partial charge >= 0.3 is 0 Å². The van der Waals surface area contributed by atoms with Gasteiger partial charge in [-0.15, -0.1) is 11.3 Å². The molecule has 118 valence electrons. The molecule has 5 nitrogen and oxygen atoms in total. The monoisotopic (exact) mass is 328 g/mol. The summed E-state index contributed by atoms with van der Waals surface area (Å²) in [7, 11) is 1.64. The van der Waals surface area contributed by atoms with Crippen LogP contribution < -0.4 is 10.1 Å². The lowest BCUT2D eigenvalue weighted by Gasteiger charge is -2.01. The third-order valence-electron chi connectivity index (χ3n) is 3.30. The van der Waals surface area contributed by atoms with Gasteiger partial charge in [0.15, 0.2) is 0 Å². The molecule has 1 aromatic carbocycles. The van der Waals surface area contributed by atoms with Crippen molar-refractivity contribution in [3.63, 3.8) is 0 Å². The largest absolute Gasteiger partial charge is 0.497 e. The van der Waals surface area contributed by atoms with Gasteiger partial charge in [0.25, 0.3) is 5.91 Å². The van der Waals surface area contributed by atoms with Crippen molar-refractivity contribution in [2.24, 2.45) is 0 Å². The molecule has 0 saturated heterocycles. The van der Waals surface area contributed by atoms with E-state index in [1.54, 1.807) is 24.8 Å². The summed E-state index contributed by atoms with van der Waals surface area (Å²) in [5, 5.41) is 5.46. The number of hydrogen-bond donors (Lipinski definition) is 1. The van der Waals surface area contributed by atoms with Crippen molar-refractivity contribution >= 4 is 17.2 Å². The average molecular weight is 328 g/mol. The zero-order valence-corrected chi connectivity index (χ0v) is 13.4. The summed E-state index contributed by atoms with van der Waals surface area (Å²) in [6.45, 7) is 0.358. The number of furan rings is 1. The first-order valence-corrected chi connectivity index (χ1v) is 8.00. The Kier molecular flexibility index (Phi) is 4.73. The third kappa shape index (κ3) is 3.98. The standard InChI is InChI=1S/C17H16N2O3S/c1-21-13-6-4-12(5-7-13)9-16-19-15(11-23-16)17(20)18-10-14-3-2-8-22-14/h2-8,11H,9-10H2,1H3,(H,18,20). The van der Waals surface area contributed by atoms with Crippen LogP contribution in [0.5, 0.6) is 5.75 Å². The minimum absolute atomic E-state index is 0.196. The van der Waals surface area contributed by atoms with E-state index in [4.69, 9.17) is 9.15 Å². The first kappa shape index (κ1) is 15.3. The van der Waals surface area contributed by atoms with E-state index in [9.17, 15) is 4.79 Å². The summed E-state index contributed by atoms with van der Waals surface area (Å²) < 4.78 is 10.3. The molecule has 0 unspecified atom stereocenters. The summed E-state index contributed by atoms with van der Waals surface area (Å²) in [4.78, 5) is 16.5. The van der Waals surface area contributed by atoms with Gasteiger partial charge in [-0.05, 0) is 29.8 Å². The van der Waals surface area contributed by atoms with Crippen molar-refractivity contribution in [3.8, 4) is 5.75 Å². The molecule has 0 aliphatic rings. The van der Waals surface area contributed by atoms with E-state index in [0.29, 0.717) is 24.4 Å². The molecular weight excluding hydrogens is 312 g/mol. The molecule has 23 heavy (non-hydrogen) atoms. The number of methoxy groups -OCH3 is 1. The second kappa shape index (κ2) is 7.11. The smallest absolute Gasteiger partial charge is 0.271 e. The molecule has 0 atom stereocenters. The lowest BCUT2D eigenvalue weighted by molar-refractivity contribution is 0.0943. The molecule has 1 N–H and O–H groups in total. The maximum atomic E-state index is 12.1. The van der Waals surface area contributed by atoms with Crippen molar-refractivity contribution in [2.75, 3.05) is 7.11 Å². The van der Waals surface area contributed by atoms with Crippen LogP contribution >= 0.6 is 11.3 Å². The number of carbonyl (C=O) groups excluding carboxylic acids is 1. The molecule has 0 saturated carbocycles. The van der Waals surface area contributed by atoms with Crippen LogP contribution in [0.2, 0.25) is 0 Å². The normalized spacial score (nSPS) is 10.5. The summed E-state index contributed by atoms with van der Waals surface area (Å²) in [6.07, 6.45) is 2.28. The van der Waals surface area contributed by atoms with Gasteiger partial charge in [-0.3, -0.25) is 4.79 Å². The fraction of sp³-hybridized carbons (Fsp3) is 0.176. The second-order valence-electron chi connectivity index (χ2n) is 4.91. The van der Waals surface area contributed by atoms with Crippen molar-refractivity contribution in [2.45, 2.75) is 13.0 Å². The highest BCUT2D eigenvalue weighted by Gasteiger charge is 2.11. The molecule has 2 aromatic heterocycles. The summed E-state index contributed by atoms with van der Waals surface area (Å²) in [5.41, 5.74) is 1.56. The van der Waals surface area contributed by atoms with Gasteiger partial charge < -0.3 is 14.5 Å². The summed E-state index contributed by atoms with van der Waals surface area (Å²) >= 11 is 1.48. The number of nitrogens with one attached hydrogen (secondary N) is 1. The van der Waals surface area contributed by atoms with Gasteiger partial charge in [-0.25, -0.2) is 4.98 Å². The molecule has 0 bridgehead atoms. The highest BCUT2D eigenvalue weighted by atomic mass is 32.1. The van der Waals surface area contributed by atoms with E-state index >= 15 is 0 Å². The molecule has 0 aliphatic heterocycles. The SMILES string of the molecule is COc1ccc(Cc2nc(C(=O)NCc3ccco3)cs2)cc1. The van der Waals surface area contributed by atoms with Crippen LogP contribution in [0.15, 0.2) is 52.5 Å². The van der Waals surface area contributed by atoms with Gasteiger partial charge in [0.05, 0.1) is 24.9 Å². The van der Waals surface area contributed by atoms with Crippen LogP contribution in [0.1, 0.15) is 26.8 Å². The fourth-order valence-electron chi connectivity index (χ4n) is 2.09. The number of nitrogens with zero attached hydrogens (tertiary/aromatic N) is 1. The van der Waals surface area contributed by atoms with E-state index in [0.717, 1.165) is 16.3 Å². The van der Waals surface area contributed by atoms with Gasteiger partial charge in [-0.1, -0.05) is 12.1 Å². The zero-order valence-electron chi connectivity index (χ0n) is 12.6. The molecular formula is C17H16N2O3S. The first-order chi connectivity index (χ1) is 11.2. The van der Waals surface area contributed by atoms with Gasteiger partial charge in [0.1, 0.15) is 17.2 Å². The number of rotatable bonds is 6. The first-order valence-electron chi connectivity index (χ1n) is 7.12. The Hall–Kier alpha value is -2.60. The number of amides is 1. The van der Waals surface area contributed by atoms with Crippen molar-refractivity contribution in [1.29, 1.82) is 0 Å². The molecule has 2 heterocycles. The number of thiazole rings is 1. The lowest BCUT2D eigenvalue weighted by Crippen LogP contribution is -2.22. The molecule has 3 aromatic rings. The fourth-order valence-corrected chi connectivity index (χ4v) is 2.89. The molecule has 6 heteroatoms. The maximum absolute atomic E-state index is 12.1. The van der Waals surface area contributed by atoms with Crippen LogP contribution in [-0.4, -0.2) is 18.0 Å². The third-order valence-corrected chi connectivity index (χ3v) is 4.15. The Labute approximate surface area is 137 Å². The molecule has 3 rings (SSSR count). The van der Waals surface area contributed by atoms with Crippen molar-refractivity contribution in [1.82, 2.24) is 10.3 Å². The Bertz CT molecular complexity index is 764. The lowest BCUT2D eigenvalue weighted by atomic mass is 10.1. The minimum Gasteiger partial charge on any atom is -0.497 e. The topological polar surface area (TPSA) is 64.4 Å². The molecule has 0 radical (unpaired) electrons. The van der Waals surface area contributed by atoms with Crippen molar-refractivity contribution in [3.05, 3.63) is 70.1 Å². The maximum Gasteiger partial charge on any atom is 0.271 e. The quantitative estimate of drug-likeness (QED) is 0.754.